The minimum atomic E-state index is -0.593. The first-order valence-electron chi connectivity index (χ1n) is 4.72. The molecular formula is C11H10N2O3. The molecule has 1 aromatic heterocycles. The van der Waals surface area contributed by atoms with Gasteiger partial charge < -0.3 is 15.5 Å². The maximum absolute atomic E-state index is 11.5. The Labute approximate surface area is 91.2 Å². The molecule has 2 rings (SSSR count). The summed E-state index contributed by atoms with van der Waals surface area (Å²) in [6.07, 6.45) is 0. The van der Waals surface area contributed by atoms with E-state index in [4.69, 9.17) is 10.2 Å². The predicted molar refractivity (Wildman–Crippen MR) is 57.7 cm³/mol. The number of hydrogen-bond donors (Lipinski definition) is 2. The minimum absolute atomic E-state index is 0.169. The maximum atomic E-state index is 11.5. The standard InChI is InChI=1S/C11H10N2O3/c12-10(14)6-13-11(15)9-5-7-3-1-2-4-8(7)16-9/h1-5H,6H2,(H2,12,14)(H,13,15). The van der Waals surface area contributed by atoms with Gasteiger partial charge in [-0.25, -0.2) is 0 Å². The number of carbonyl (C=O) groups is 2. The summed E-state index contributed by atoms with van der Waals surface area (Å²) >= 11 is 0. The van der Waals surface area contributed by atoms with E-state index in [9.17, 15) is 9.59 Å². The van der Waals surface area contributed by atoms with Crippen LogP contribution < -0.4 is 11.1 Å². The Kier molecular flexibility index (Phi) is 2.59. The fourth-order valence-corrected chi connectivity index (χ4v) is 1.35. The Morgan fingerprint density at radius 1 is 1.31 bits per heavy atom. The highest BCUT2D eigenvalue weighted by Gasteiger charge is 2.11. The largest absolute Gasteiger partial charge is 0.451 e. The summed E-state index contributed by atoms with van der Waals surface area (Å²) in [5, 5.41) is 3.19. The van der Waals surface area contributed by atoms with E-state index in [1.807, 2.05) is 18.2 Å². The lowest BCUT2D eigenvalue weighted by Crippen LogP contribution is -2.33. The summed E-state index contributed by atoms with van der Waals surface area (Å²) in [4.78, 5) is 22.0. The third-order valence-corrected chi connectivity index (χ3v) is 2.07. The van der Waals surface area contributed by atoms with E-state index >= 15 is 0 Å². The number of rotatable bonds is 3. The Morgan fingerprint density at radius 3 is 2.75 bits per heavy atom. The van der Waals surface area contributed by atoms with Gasteiger partial charge in [-0.2, -0.15) is 0 Å². The second kappa shape index (κ2) is 4.06. The minimum Gasteiger partial charge on any atom is -0.451 e. The molecule has 0 fully saturated rings. The molecular weight excluding hydrogens is 208 g/mol. The SMILES string of the molecule is NC(=O)CNC(=O)c1cc2ccccc2o1. The number of primary amides is 1. The Bertz CT molecular complexity index is 512. The molecule has 0 aliphatic heterocycles. The van der Waals surface area contributed by atoms with E-state index in [1.165, 1.54) is 0 Å². The zero-order valence-electron chi connectivity index (χ0n) is 8.40. The van der Waals surface area contributed by atoms with Gasteiger partial charge in [0.1, 0.15) is 5.58 Å². The third kappa shape index (κ3) is 2.03. The summed E-state index contributed by atoms with van der Waals surface area (Å²) in [6, 6.07) is 8.88. The molecule has 5 heteroatoms. The number of hydrogen-bond acceptors (Lipinski definition) is 3. The molecule has 1 heterocycles. The average Bonchev–Trinajstić information content (AvgIpc) is 2.69. The number of nitrogens with one attached hydrogen (secondary N) is 1. The summed E-state index contributed by atoms with van der Waals surface area (Å²) in [5.74, 6) is -0.873. The molecule has 0 aliphatic rings. The van der Waals surface area contributed by atoms with Crippen molar-refractivity contribution in [3.63, 3.8) is 0 Å². The van der Waals surface area contributed by atoms with Crippen LogP contribution in [-0.4, -0.2) is 18.4 Å². The lowest BCUT2D eigenvalue weighted by atomic mass is 10.2. The zero-order chi connectivity index (χ0) is 11.5. The lowest BCUT2D eigenvalue weighted by molar-refractivity contribution is -0.117. The molecule has 2 amide bonds. The van der Waals surface area contributed by atoms with Crippen LogP contribution in [0.25, 0.3) is 11.0 Å². The van der Waals surface area contributed by atoms with Crippen LogP contribution in [0.1, 0.15) is 10.6 Å². The molecule has 0 aliphatic carbocycles. The highest BCUT2D eigenvalue weighted by atomic mass is 16.3. The first-order chi connectivity index (χ1) is 7.66. The van der Waals surface area contributed by atoms with Crippen molar-refractivity contribution in [1.82, 2.24) is 5.32 Å². The molecule has 2 aromatic rings. The quantitative estimate of drug-likeness (QED) is 0.793. The number of amides is 2. The van der Waals surface area contributed by atoms with Crippen molar-refractivity contribution < 1.29 is 14.0 Å². The Balaban J connectivity index is 2.20. The number of para-hydroxylation sites is 1. The van der Waals surface area contributed by atoms with Gasteiger partial charge in [0.15, 0.2) is 5.76 Å². The van der Waals surface area contributed by atoms with Crippen molar-refractivity contribution in [2.45, 2.75) is 0 Å². The number of fused-ring (bicyclic) bond motifs is 1. The van der Waals surface area contributed by atoms with Gasteiger partial charge >= 0.3 is 0 Å². The average molecular weight is 218 g/mol. The molecule has 16 heavy (non-hydrogen) atoms. The van der Waals surface area contributed by atoms with Crippen molar-refractivity contribution in [3.8, 4) is 0 Å². The first-order valence-corrected chi connectivity index (χ1v) is 4.72. The van der Waals surface area contributed by atoms with Crippen molar-refractivity contribution in [2.24, 2.45) is 5.73 Å². The predicted octanol–water partition coefficient (Wildman–Crippen LogP) is 0.648. The van der Waals surface area contributed by atoms with Gasteiger partial charge in [-0.05, 0) is 12.1 Å². The summed E-state index contributed by atoms with van der Waals surface area (Å²) in [6.45, 7) is -0.199. The highest BCUT2D eigenvalue weighted by molar-refractivity contribution is 5.97. The summed E-state index contributed by atoms with van der Waals surface area (Å²) in [5.41, 5.74) is 5.54. The zero-order valence-corrected chi connectivity index (χ0v) is 8.40. The smallest absolute Gasteiger partial charge is 0.287 e. The van der Waals surface area contributed by atoms with E-state index in [-0.39, 0.29) is 12.3 Å². The van der Waals surface area contributed by atoms with Crippen LogP contribution in [-0.2, 0) is 4.79 Å². The molecule has 0 spiro atoms. The Morgan fingerprint density at radius 2 is 2.06 bits per heavy atom. The van der Waals surface area contributed by atoms with Crippen molar-refractivity contribution in [3.05, 3.63) is 36.1 Å². The summed E-state index contributed by atoms with van der Waals surface area (Å²) in [7, 11) is 0. The number of furan rings is 1. The van der Waals surface area contributed by atoms with Crippen molar-refractivity contribution in [2.75, 3.05) is 6.54 Å². The molecule has 0 radical (unpaired) electrons. The molecule has 0 bridgehead atoms. The monoisotopic (exact) mass is 218 g/mol. The molecule has 0 saturated heterocycles. The van der Waals surface area contributed by atoms with Crippen LogP contribution >= 0.6 is 0 Å². The molecule has 0 atom stereocenters. The van der Waals surface area contributed by atoms with Gasteiger partial charge in [-0.15, -0.1) is 0 Å². The van der Waals surface area contributed by atoms with E-state index in [0.717, 1.165) is 5.39 Å². The van der Waals surface area contributed by atoms with Gasteiger partial charge in [0.25, 0.3) is 5.91 Å². The van der Waals surface area contributed by atoms with E-state index in [2.05, 4.69) is 5.32 Å². The molecule has 0 unspecified atom stereocenters. The van der Waals surface area contributed by atoms with Crippen molar-refractivity contribution >= 4 is 22.8 Å². The molecule has 3 N–H and O–H groups in total. The second-order valence-electron chi connectivity index (χ2n) is 3.30. The third-order valence-electron chi connectivity index (χ3n) is 2.07. The Hall–Kier alpha value is -2.30. The summed E-state index contributed by atoms with van der Waals surface area (Å²) < 4.78 is 5.30. The van der Waals surface area contributed by atoms with Crippen LogP contribution in [0.2, 0.25) is 0 Å². The molecule has 0 saturated carbocycles. The van der Waals surface area contributed by atoms with Gasteiger partial charge in [0.05, 0.1) is 6.54 Å². The molecule has 1 aromatic carbocycles. The fraction of sp³-hybridized carbons (Fsp3) is 0.0909. The van der Waals surface area contributed by atoms with Crippen LogP contribution in [0.5, 0.6) is 0 Å². The second-order valence-corrected chi connectivity index (χ2v) is 3.30. The van der Waals surface area contributed by atoms with Gasteiger partial charge in [0, 0.05) is 5.39 Å². The molecule has 5 nitrogen and oxygen atoms in total. The maximum Gasteiger partial charge on any atom is 0.287 e. The van der Waals surface area contributed by atoms with E-state index in [1.54, 1.807) is 12.1 Å². The van der Waals surface area contributed by atoms with Crippen LogP contribution in [0.15, 0.2) is 34.7 Å². The van der Waals surface area contributed by atoms with E-state index in [0.29, 0.717) is 5.58 Å². The van der Waals surface area contributed by atoms with Gasteiger partial charge in [0.2, 0.25) is 5.91 Å². The fourth-order valence-electron chi connectivity index (χ4n) is 1.35. The molecule has 82 valence electrons. The van der Waals surface area contributed by atoms with Crippen LogP contribution in [0.4, 0.5) is 0 Å². The normalized spacial score (nSPS) is 10.2. The van der Waals surface area contributed by atoms with Gasteiger partial charge in [-0.1, -0.05) is 18.2 Å². The van der Waals surface area contributed by atoms with E-state index < -0.39 is 11.8 Å². The first kappa shape index (κ1) is 10.2. The van der Waals surface area contributed by atoms with Crippen LogP contribution in [0.3, 0.4) is 0 Å². The number of benzene rings is 1. The number of carbonyl (C=O) groups excluding carboxylic acids is 2. The highest BCUT2D eigenvalue weighted by Crippen LogP contribution is 2.18. The topological polar surface area (TPSA) is 85.3 Å². The number of nitrogens with two attached hydrogens (primary N) is 1. The van der Waals surface area contributed by atoms with Gasteiger partial charge in [-0.3, -0.25) is 9.59 Å². The lowest BCUT2D eigenvalue weighted by Gasteiger charge is -1.97. The van der Waals surface area contributed by atoms with Crippen LogP contribution in [0, 0.1) is 0 Å². The van der Waals surface area contributed by atoms with Crippen molar-refractivity contribution in [1.29, 1.82) is 0 Å².